The van der Waals surface area contributed by atoms with Gasteiger partial charge in [0.25, 0.3) is 0 Å². The van der Waals surface area contributed by atoms with Crippen LogP contribution in [0.25, 0.3) is 0 Å². The van der Waals surface area contributed by atoms with Gasteiger partial charge in [0, 0.05) is 6.04 Å². The van der Waals surface area contributed by atoms with Crippen LogP contribution in [0.15, 0.2) is 24.3 Å². The van der Waals surface area contributed by atoms with Crippen LogP contribution in [-0.2, 0) is 0 Å². The average molecular weight is 123 g/mol. The molecule has 0 amide bonds. The standard InChI is InChI=1S/C8H13N/c1-6-3-4-8(9)5-7(6)2/h3-4,6,8H,2,5,9H2,1H3. The first-order valence-electron chi connectivity index (χ1n) is 3.31. The third-order valence-corrected chi connectivity index (χ3v) is 1.79. The maximum atomic E-state index is 5.64. The third-order valence-electron chi connectivity index (χ3n) is 1.79. The van der Waals surface area contributed by atoms with Gasteiger partial charge in [-0.2, -0.15) is 0 Å². The molecule has 0 aromatic heterocycles. The maximum Gasteiger partial charge on any atom is 0.0261 e. The van der Waals surface area contributed by atoms with Crippen molar-refractivity contribution >= 4 is 0 Å². The van der Waals surface area contributed by atoms with Crippen molar-refractivity contribution in [1.29, 1.82) is 0 Å². The van der Waals surface area contributed by atoms with E-state index in [2.05, 4.69) is 25.7 Å². The SMILES string of the molecule is C=C1CC(N)C=CC1C. The summed E-state index contributed by atoms with van der Waals surface area (Å²) >= 11 is 0. The smallest absolute Gasteiger partial charge is 0.0261 e. The van der Waals surface area contributed by atoms with E-state index in [-0.39, 0.29) is 6.04 Å². The molecule has 0 saturated heterocycles. The fourth-order valence-electron chi connectivity index (χ4n) is 1.00. The van der Waals surface area contributed by atoms with Crippen LogP contribution < -0.4 is 5.73 Å². The molecule has 0 aromatic rings. The number of rotatable bonds is 0. The van der Waals surface area contributed by atoms with Gasteiger partial charge < -0.3 is 5.73 Å². The number of hydrogen-bond acceptors (Lipinski definition) is 1. The maximum absolute atomic E-state index is 5.64. The van der Waals surface area contributed by atoms with E-state index in [1.165, 1.54) is 5.57 Å². The van der Waals surface area contributed by atoms with Crippen molar-refractivity contribution in [2.24, 2.45) is 11.7 Å². The Bertz CT molecular complexity index is 147. The molecule has 1 heteroatoms. The summed E-state index contributed by atoms with van der Waals surface area (Å²) in [5, 5.41) is 0. The predicted octanol–water partition coefficient (Wildman–Crippen LogP) is 1.47. The molecule has 0 fully saturated rings. The van der Waals surface area contributed by atoms with Crippen LogP contribution in [0.4, 0.5) is 0 Å². The van der Waals surface area contributed by atoms with Crippen LogP contribution in [0.1, 0.15) is 13.3 Å². The normalized spacial score (nSPS) is 35.1. The second-order valence-corrected chi connectivity index (χ2v) is 2.70. The lowest BCUT2D eigenvalue weighted by Crippen LogP contribution is -2.22. The summed E-state index contributed by atoms with van der Waals surface area (Å²) in [5.41, 5.74) is 6.89. The van der Waals surface area contributed by atoms with Crippen molar-refractivity contribution in [3.05, 3.63) is 24.3 Å². The largest absolute Gasteiger partial charge is 0.324 e. The molecule has 0 radical (unpaired) electrons. The molecule has 9 heavy (non-hydrogen) atoms. The van der Waals surface area contributed by atoms with Crippen LogP contribution in [0.5, 0.6) is 0 Å². The van der Waals surface area contributed by atoms with Gasteiger partial charge >= 0.3 is 0 Å². The van der Waals surface area contributed by atoms with E-state index in [1.807, 2.05) is 0 Å². The highest BCUT2D eigenvalue weighted by atomic mass is 14.6. The van der Waals surface area contributed by atoms with Gasteiger partial charge in [0.05, 0.1) is 0 Å². The van der Waals surface area contributed by atoms with Gasteiger partial charge in [0.15, 0.2) is 0 Å². The van der Waals surface area contributed by atoms with E-state index < -0.39 is 0 Å². The Morgan fingerprint density at radius 1 is 1.67 bits per heavy atom. The first kappa shape index (κ1) is 6.56. The molecule has 0 spiro atoms. The molecule has 1 aliphatic rings. The van der Waals surface area contributed by atoms with Gasteiger partial charge in [-0.05, 0) is 12.3 Å². The Hall–Kier alpha value is -0.560. The Balaban J connectivity index is 2.65. The van der Waals surface area contributed by atoms with E-state index >= 15 is 0 Å². The van der Waals surface area contributed by atoms with E-state index in [4.69, 9.17) is 5.73 Å². The lowest BCUT2D eigenvalue weighted by Gasteiger charge is -2.19. The molecule has 1 nitrogen and oxygen atoms in total. The second kappa shape index (κ2) is 2.36. The summed E-state index contributed by atoms with van der Waals surface area (Å²) in [5.74, 6) is 0.532. The van der Waals surface area contributed by atoms with Gasteiger partial charge in [0.2, 0.25) is 0 Å². The first-order valence-corrected chi connectivity index (χ1v) is 3.31. The van der Waals surface area contributed by atoms with Crippen molar-refractivity contribution in [3.63, 3.8) is 0 Å². The van der Waals surface area contributed by atoms with Crippen molar-refractivity contribution in [3.8, 4) is 0 Å². The summed E-state index contributed by atoms with van der Waals surface area (Å²) in [6, 6.07) is 0.216. The van der Waals surface area contributed by atoms with E-state index in [0.29, 0.717) is 5.92 Å². The zero-order valence-electron chi connectivity index (χ0n) is 5.80. The number of hydrogen-bond donors (Lipinski definition) is 1. The minimum absolute atomic E-state index is 0.216. The van der Waals surface area contributed by atoms with E-state index in [0.717, 1.165) is 6.42 Å². The van der Waals surface area contributed by atoms with Crippen molar-refractivity contribution in [1.82, 2.24) is 0 Å². The summed E-state index contributed by atoms with van der Waals surface area (Å²) in [6.45, 7) is 6.06. The summed E-state index contributed by atoms with van der Waals surface area (Å²) in [6.07, 6.45) is 5.13. The van der Waals surface area contributed by atoms with Gasteiger partial charge in [-0.25, -0.2) is 0 Å². The van der Waals surface area contributed by atoms with Gasteiger partial charge in [-0.15, -0.1) is 0 Å². The van der Waals surface area contributed by atoms with Crippen LogP contribution in [0.2, 0.25) is 0 Å². The summed E-state index contributed by atoms with van der Waals surface area (Å²) in [7, 11) is 0. The fraction of sp³-hybridized carbons (Fsp3) is 0.500. The Morgan fingerprint density at radius 2 is 2.33 bits per heavy atom. The predicted molar refractivity (Wildman–Crippen MR) is 40.0 cm³/mol. The molecule has 0 saturated carbocycles. The van der Waals surface area contributed by atoms with Crippen molar-refractivity contribution in [2.45, 2.75) is 19.4 Å². The minimum atomic E-state index is 0.216. The molecule has 0 aliphatic heterocycles. The van der Waals surface area contributed by atoms with Crippen molar-refractivity contribution < 1.29 is 0 Å². The molecule has 2 atom stereocenters. The van der Waals surface area contributed by atoms with Gasteiger partial charge in [-0.1, -0.05) is 31.2 Å². The van der Waals surface area contributed by atoms with Crippen molar-refractivity contribution in [2.75, 3.05) is 0 Å². The molecule has 0 heterocycles. The third kappa shape index (κ3) is 1.42. The number of allylic oxidation sites excluding steroid dienone is 1. The lowest BCUT2D eigenvalue weighted by atomic mass is 9.90. The Labute approximate surface area is 56.2 Å². The minimum Gasteiger partial charge on any atom is -0.324 e. The quantitative estimate of drug-likeness (QED) is 0.485. The fourth-order valence-corrected chi connectivity index (χ4v) is 1.00. The first-order chi connectivity index (χ1) is 4.20. The zero-order chi connectivity index (χ0) is 6.85. The molecular formula is C8H13N. The zero-order valence-corrected chi connectivity index (χ0v) is 5.80. The van der Waals surface area contributed by atoms with Crippen LogP contribution in [-0.4, -0.2) is 6.04 Å². The highest BCUT2D eigenvalue weighted by Crippen LogP contribution is 2.20. The molecule has 2 N–H and O–H groups in total. The van der Waals surface area contributed by atoms with Crippen LogP contribution in [0.3, 0.4) is 0 Å². The lowest BCUT2D eigenvalue weighted by molar-refractivity contribution is 0.680. The summed E-state index contributed by atoms with van der Waals surface area (Å²) < 4.78 is 0. The van der Waals surface area contributed by atoms with E-state index in [1.54, 1.807) is 0 Å². The summed E-state index contributed by atoms with van der Waals surface area (Å²) in [4.78, 5) is 0. The van der Waals surface area contributed by atoms with Gasteiger partial charge in [-0.3, -0.25) is 0 Å². The second-order valence-electron chi connectivity index (χ2n) is 2.70. The molecule has 1 rings (SSSR count). The highest BCUT2D eigenvalue weighted by Gasteiger charge is 2.11. The molecule has 1 aliphatic carbocycles. The Morgan fingerprint density at radius 3 is 2.78 bits per heavy atom. The highest BCUT2D eigenvalue weighted by molar-refractivity contribution is 5.17. The average Bonchev–Trinajstić information content (AvgIpc) is 1.80. The molecule has 0 aromatic carbocycles. The molecule has 0 bridgehead atoms. The number of nitrogens with two attached hydrogens (primary N) is 1. The topological polar surface area (TPSA) is 26.0 Å². The van der Waals surface area contributed by atoms with Crippen LogP contribution in [0, 0.1) is 5.92 Å². The van der Waals surface area contributed by atoms with Crippen LogP contribution >= 0.6 is 0 Å². The monoisotopic (exact) mass is 123 g/mol. The molecule has 2 unspecified atom stereocenters. The Kier molecular flexibility index (Phi) is 1.72. The van der Waals surface area contributed by atoms with E-state index in [9.17, 15) is 0 Å². The van der Waals surface area contributed by atoms with Gasteiger partial charge in [0.1, 0.15) is 0 Å². The molecule has 50 valence electrons. The molecular weight excluding hydrogens is 110 g/mol.